The molecular weight excluding hydrogens is 308 g/mol. The van der Waals surface area contributed by atoms with Crippen molar-refractivity contribution < 1.29 is 14.3 Å². The van der Waals surface area contributed by atoms with Gasteiger partial charge in [0.25, 0.3) is 0 Å². The summed E-state index contributed by atoms with van der Waals surface area (Å²) in [5, 5.41) is 0.442. The van der Waals surface area contributed by atoms with Gasteiger partial charge in [0.15, 0.2) is 5.78 Å². The average molecular weight is 323 g/mol. The van der Waals surface area contributed by atoms with Crippen molar-refractivity contribution in [1.82, 2.24) is 0 Å². The average Bonchev–Trinajstić information content (AvgIpc) is 2.53. The van der Waals surface area contributed by atoms with E-state index in [0.717, 1.165) is 10.6 Å². The summed E-state index contributed by atoms with van der Waals surface area (Å²) in [7, 11) is 3.17. The second kappa shape index (κ2) is 7.38. The first kappa shape index (κ1) is 15.7. The van der Waals surface area contributed by atoms with E-state index < -0.39 is 0 Å². The molecule has 0 aliphatic carbocycles. The van der Waals surface area contributed by atoms with Gasteiger partial charge in [-0.15, -0.1) is 11.8 Å². The summed E-state index contributed by atoms with van der Waals surface area (Å²) in [6, 6.07) is 12.7. The molecule has 110 valence electrons. The number of benzene rings is 2. The van der Waals surface area contributed by atoms with Crippen molar-refractivity contribution >= 4 is 29.1 Å². The molecule has 0 radical (unpaired) electrons. The number of rotatable bonds is 6. The van der Waals surface area contributed by atoms with Crippen molar-refractivity contribution in [2.75, 3.05) is 20.0 Å². The normalized spacial score (nSPS) is 10.2. The third-order valence-electron chi connectivity index (χ3n) is 2.90. The molecule has 5 heteroatoms. The van der Waals surface area contributed by atoms with Crippen LogP contribution >= 0.6 is 23.4 Å². The summed E-state index contributed by atoms with van der Waals surface area (Å²) in [6.45, 7) is 0. The Morgan fingerprint density at radius 1 is 1.10 bits per heavy atom. The predicted molar refractivity (Wildman–Crippen MR) is 86.1 cm³/mol. The van der Waals surface area contributed by atoms with Crippen LogP contribution in [0.2, 0.25) is 5.02 Å². The van der Waals surface area contributed by atoms with Crippen LogP contribution in [-0.2, 0) is 0 Å². The zero-order chi connectivity index (χ0) is 15.2. The summed E-state index contributed by atoms with van der Waals surface area (Å²) in [5.41, 5.74) is 0.585. The third-order valence-corrected chi connectivity index (χ3v) is 4.21. The minimum atomic E-state index is 0.0281. The first-order chi connectivity index (χ1) is 10.1. The van der Waals surface area contributed by atoms with Crippen molar-refractivity contribution in [3.63, 3.8) is 0 Å². The predicted octanol–water partition coefficient (Wildman–Crippen LogP) is 4.33. The maximum Gasteiger partial charge on any atom is 0.173 e. The first-order valence-corrected chi connectivity index (χ1v) is 7.64. The van der Waals surface area contributed by atoms with Gasteiger partial charge >= 0.3 is 0 Å². The molecule has 0 saturated carbocycles. The van der Waals surface area contributed by atoms with Crippen LogP contribution in [0.1, 0.15) is 10.4 Å². The highest BCUT2D eigenvalue weighted by atomic mass is 35.5. The van der Waals surface area contributed by atoms with Crippen molar-refractivity contribution in [3.8, 4) is 11.5 Å². The highest BCUT2D eigenvalue weighted by Crippen LogP contribution is 2.27. The molecule has 0 saturated heterocycles. The number of carbonyl (C=O) groups excluding carboxylic acids is 1. The number of hydrogen-bond donors (Lipinski definition) is 0. The van der Waals surface area contributed by atoms with Crippen LogP contribution < -0.4 is 9.47 Å². The van der Waals surface area contributed by atoms with Gasteiger partial charge in [-0.05, 0) is 42.5 Å². The Hall–Kier alpha value is -1.65. The molecule has 2 rings (SSSR count). The summed E-state index contributed by atoms with van der Waals surface area (Å²) in [4.78, 5) is 13.2. The molecule has 21 heavy (non-hydrogen) atoms. The van der Waals surface area contributed by atoms with Crippen LogP contribution in [0, 0.1) is 0 Å². The number of halogens is 1. The van der Waals surface area contributed by atoms with Gasteiger partial charge in [-0.1, -0.05) is 11.6 Å². The molecule has 0 unspecified atom stereocenters. The smallest absolute Gasteiger partial charge is 0.173 e. The molecule has 3 nitrogen and oxygen atoms in total. The second-order valence-corrected chi connectivity index (χ2v) is 5.69. The Balaban J connectivity index is 1.99. The molecule has 0 aliphatic rings. The number of ketones is 1. The molecule has 0 atom stereocenters. The van der Waals surface area contributed by atoms with E-state index in [1.165, 1.54) is 11.8 Å². The molecule has 2 aromatic carbocycles. The van der Waals surface area contributed by atoms with Gasteiger partial charge in [-0.2, -0.15) is 0 Å². The molecule has 0 aliphatic heterocycles. The summed E-state index contributed by atoms with van der Waals surface area (Å²) in [6.07, 6.45) is 0. The maximum atomic E-state index is 12.1. The summed E-state index contributed by atoms with van der Waals surface area (Å²) >= 11 is 7.51. The zero-order valence-corrected chi connectivity index (χ0v) is 13.3. The SMILES string of the molecule is COc1ccc(SCC(=O)c2ccc(OC)c(Cl)c2)cc1. The molecule has 0 N–H and O–H groups in total. The summed E-state index contributed by atoms with van der Waals surface area (Å²) in [5.74, 6) is 1.75. The number of hydrogen-bond acceptors (Lipinski definition) is 4. The fraction of sp³-hybridized carbons (Fsp3) is 0.188. The quantitative estimate of drug-likeness (QED) is 0.585. The van der Waals surface area contributed by atoms with E-state index in [1.807, 2.05) is 24.3 Å². The Kier molecular flexibility index (Phi) is 5.53. The lowest BCUT2D eigenvalue weighted by Crippen LogP contribution is -2.02. The molecule has 0 heterocycles. The fourth-order valence-corrected chi connectivity index (χ4v) is 2.79. The van der Waals surface area contributed by atoms with Gasteiger partial charge in [0.2, 0.25) is 0 Å². The number of ether oxygens (including phenoxy) is 2. The molecule has 0 fully saturated rings. The van der Waals surface area contributed by atoms with Crippen molar-refractivity contribution in [2.45, 2.75) is 4.90 Å². The fourth-order valence-electron chi connectivity index (χ4n) is 1.74. The van der Waals surface area contributed by atoms with E-state index in [-0.39, 0.29) is 5.78 Å². The molecule has 0 aromatic heterocycles. The lowest BCUT2D eigenvalue weighted by Gasteiger charge is -2.06. The first-order valence-electron chi connectivity index (χ1n) is 6.27. The van der Waals surface area contributed by atoms with Crippen LogP contribution in [0.25, 0.3) is 0 Å². The second-order valence-electron chi connectivity index (χ2n) is 4.24. The zero-order valence-electron chi connectivity index (χ0n) is 11.8. The molecule has 0 spiro atoms. The van der Waals surface area contributed by atoms with Crippen LogP contribution in [0.3, 0.4) is 0 Å². The Morgan fingerprint density at radius 3 is 2.38 bits per heavy atom. The highest BCUT2D eigenvalue weighted by molar-refractivity contribution is 8.00. The van der Waals surface area contributed by atoms with Crippen LogP contribution in [-0.4, -0.2) is 25.8 Å². The van der Waals surface area contributed by atoms with Crippen molar-refractivity contribution in [3.05, 3.63) is 53.1 Å². The van der Waals surface area contributed by atoms with Gasteiger partial charge in [-0.3, -0.25) is 4.79 Å². The number of carbonyl (C=O) groups is 1. The van der Waals surface area contributed by atoms with E-state index >= 15 is 0 Å². The van der Waals surface area contributed by atoms with E-state index in [2.05, 4.69) is 0 Å². The van der Waals surface area contributed by atoms with Gasteiger partial charge in [-0.25, -0.2) is 0 Å². The topological polar surface area (TPSA) is 35.5 Å². The van der Waals surface area contributed by atoms with E-state index in [4.69, 9.17) is 21.1 Å². The molecule has 2 aromatic rings. The monoisotopic (exact) mass is 322 g/mol. The van der Waals surface area contributed by atoms with Crippen molar-refractivity contribution in [2.24, 2.45) is 0 Å². The Bertz CT molecular complexity index is 626. The minimum absolute atomic E-state index is 0.0281. The Morgan fingerprint density at radius 2 is 1.81 bits per heavy atom. The van der Waals surface area contributed by atoms with Crippen molar-refractivity contribution in [1.29, 1.82) is 0 Å². The number of Topliss-reactive ketones (excluding diaryl/α,β-unsaturated/α-hetero) is 1. The van der Waals surface area contributed by atoms with Crippen LogP contribution in [0.4, 0.5) is 0 Å². The maximum absolute atomic E-state index is 12.1. The van der Waals surface area contributed by atoms with Gasteiger partial charge in [0.05, 0.1) is 25.0 Å². The van der Waals surface area contributed by atoms with E-state index in [0.29, 0.717) is 22.1 Å². The molecule has 0 amide bonds. The van der Waals surface area contributed by atoms with E-state index in [9.17, 15) is 4.79 Å². The largest absolute Gasteiger partial charge is 0.497 e. The van der Waals surface area contributed by atoms with Crippen LogP contribution in [0.5, 0.6) is 11.5 Å². The highest BCUT2D eigenvalue weighted by Gasteiger charge is 2.10. The number of thioether (sulfide) groups is 1. The van der Waals surface area contributed by atoms with E-state index in [1.54, 1.807) is 32.4 Å². The van der Waals surface area contributed by atoms with Gasteiger partial charge < -0.3 is 9.47 Å². The van der Waals surface area contributed by atoms with Gasteiger partial charge in [0.1, 0.15) is 11.5 Å². The molecular formula is C16H15ClO3S. The lowest BCUT2D eigenvalue weighted by molar-refractivity contribution is 0.102. The lowest BCUT2D eigenvalue weighted by atomic mass is 10.1. The minimum Gasteiger partial charge on any atom is -0.497 e. The van der Waals surface area contributed by atoms with Gasteiger partial charge in [0, 0.05) is 10.5 Å². The van der Waals surface area contributed by atoms with Crippen LogP contribution in [0.15, 0.2) is 47.4 Å². The standard InChI is InChI=1S/C16H15ClO3S/c1-19-12-4-6-13(7-5-12)21-10-15(18)11-3-8-16(20-2)14(17)9-11/h3-9H,10H2,1-2H3. The number of methoxy groups -OCH3 is 2. The Labute approximate surface area is 133 Å². The summed E-state index contributed by atoms with van der Waals surface area (Å²) < 4.78 is 10.2. The molecule has 0 bridgehead atoms. The third kappa shape index (κ3) is 4.16.